The van der Waals surface area contributed by atoms with Crippen molar-refractivity contribution in [3.05, 3.63) is 27.9 Å². The molecule has 2 aliphatic heterocycles. The van der Waals surface area contributed by atoms with E-state index in [1.54, 1.807) is 6.07 Å². The molecule has 3 heterocycles. The van der Waals surface area contributed by atoms with Crippen molar-refractivity contribution in [1.82, 2.24) is 19.8 Å². The van der Waals surface area contributed by atoms with E-state index >= 15 is 0 Å². The number of amides is 2. The largest absolute Gasteiger partial charge is 0.342 e. The molecule has 0 radical (unpaired) electrons. The van der Waals surface area contributed by atoms with Gasteiger partial charge in [-0.1, -0.05) is 13.8 Å². The van der Waals surface area contributed by atoms with Gasteiger partial charge in [-0.2, -0.15) is 0 Å². The Hall–Kier alpha value is -2.18. The fraction of sp³-hybridized carbons (Fsp3) is 0.727. The van der Waals surface area contributed by atoms with Crippen molar-refractivity contribution in [2.75, 3.05) is 26.2 Å². The molecule has 7 nitrogen and oxygen atoms in total. The summed E-state index contributed by atoms with van der Waals surface area (Å²) in [6.45, 7) is 6.77. The summed E-state index contributed by atoms with van der Waals surface area (Å²) in [6, 6.07) is 1.60. The monoisotopic (exact) mass is 400 g/mol. The van der Waals surface area contributed by atoms with Crippen molar-refractivity contribution in [2.24, 2.45) is 11.8 Å². The Balaban J connectivity index is 1.44. The third-order valence-electron chi connectivity index (χ3n) is 6.54. The lowest BCUT2D eigenvalue weighted by atomic mass is 9.92. The maximum Gasteiger partial charge on any atom is 0.251 e. The molecule has 0 bridgehead atoms. The molecule has 1 saturated carbocycles. The first kappa shape index (κ1) is 20.1. The van der Waals surface area contributed by atoms with Crippen LogP contribution >= 0.6 is 0 Å². The number of carbonyl (C=O) groups is 2. The molecule has 2 amide bonds. The maximum atomic E-state index is 12.4. The van der Waals surface area contributed by atoms with E-state index < -0.39 is 0 Å². The summed E-state index contributed by atoms with van der Waals surface area (Å²) in [5, 5.41) is 0. The average Bonchev–Trinajstić information content (AvgIpc) is 3.58. The lowest BCUT2D eigenvalue weighted by Gasteiger charge is -2.34. The van der Waals surface area contributed by atoms with Crippen LogP contribution in [0, 0.1) is 11.8 Å². The van der Waals surface area contributed by atoms with E-state index in [1.807, 2.05) is 23.6 Å². The van der Waals surface area contributed by atoms with Crippen LogP contribution in [0.4, 0.5) is 0 Å². The zero-order chi connectivity index (χ0) is 20.5. The third-order valence-corrected chi connectivity index (χ3v) is 6.54. The van der Waals surface area contributed by atoms with Crippen LogP contribution in [0.3, 0.4) is 0 Å². The Bertz CT molecular complexity index is 822. The quantitative estimate of drug-likeness (QED) is 0.840. The number of aromatic amines is 1. The summed E-state index contributed by atoms with van der Waals surface area (Å²) < 4.78 is 0. The van der Waals surface area contributed by atoms with Gasteiger partial charge >= 0.3 is 0 Å². The van der Waals surface area contributed by atoms with Crippen LogP contribution in [0.1, 0.15) is 75.7 Å². The fourth-order valence-corrected chi connectivity index (χ4v) is 4.64. The van der Waals surface area contributed by atoms with Crippen LogP contribution in [-0.2, 0) is 9.59 Å². The van der Waals surface area contributed by atoms with Gasteiger partial charge in [-0.25, -0.2) is 4.98 Å². The Kier molecular flexibility index (Phi) is 5.74. The highest BCUT2D eigenvalue weighted by Crippen LogP contribution is 2.34. The highest BCUT2D eigenvalue weighted by Gasteiger charge is 2.35. The first-order chi connectivity index (χ1) is 13.9. The van der Waals surface area contributed by atoms with Gasteiger partial charge in [0, 0.05) is 55.9 Å². The Morgan fingerprint density at radius 3 is 2.41 bits per heavy atom. The molecular formula is C22H32N4O3. The lowest BCUT2D eigenvalue weighted by molar-refractivity contribution is -0.135. The fourth-order valence-electron chi connectivity index (χ4n) is 4.64. The van der Waals surface area contributed by atoms with Crippen molar-refractivity contribution >= 4 is 11.8 Å². The highest BCUT2D eigenvalue weighted by molar-refractivity contribution is 5.81. The molecule has 2 saturated heterocycles. The van der Waals surface area contributed by atoms with Crippen molar-refractivity contribution in [2.45, 2.75) is 64.2 Å². The number of hydrogen-bond donors (Lipinski definition) is 1. The number of nitrogens with zero attached hydrogens (tertiary/aromatic N) is 3. The van der Waals surface area contributed by atoms with Gasteiger partial charge in [-0.05, 0) is 38.5 Å². The molecule has 158 valence electrons. The summed E-state index contributed by atoms with van der Waals surface area (Å²) in [5.74, 6) is 1.77. The molecule has 7 heteroatoms. The number of hydrogen-bond acceptors (Lipinski definition) is 4. The van der Waals surface area contributed by atoms with Crippen molar-refractivity contribution < 1.29 is 9.59 Å². The van der Waals surface area contributed by atoms with Gasteiger partial charge in [0.25, 0.3) is 5.56 Å². The van der Waals surface area contributed by atoms with Crippen LogP contribution in [-0.4, -0.2) is 57.8 Å². The SMILES string of the molecule is CC(C)C(=O)N1CCC[C@H](c2cc(=O)[nH]c(C3CCN(C(=O)C4CC4)CC3)n2)C1. The van der Waals surface area contributed by atoms with Crippen LogP contribution in [0.25, 0.3) is 0 Å². The van der Waals surface area contributed by atoms with Crippen LogP contribution in [0.15, 0.2) is 10.9 Å². The summed E-state index contributed by atoms with van der Waals surface area (Å²) in [6.07, 6.45) is 5.64. The number of H-pyrrole nitrogens is 1. The van der Waals surface area contributed by atoms with E-state index in [0.29, 0.717) is 12.5 Å². The number of piperidine rings is 2. The molecule has 1 aromatic rings. The van der Waals surface area contributed by atoms with Crippen LogP contribution in [0.2, 0.25) is 0 Å². The number of likely N-dealkylation sites (tertiary alicyclic amines) is 2. The Morgan fingerprint density at radius 2 is 1.76 bits per heavy atom. The van der Waals surface area contributed by atoms with Gasteiger partial charge in [-0.15, -0.1) is 0 Å². The van der Waals surface area contributed by atoms with E-state index in [2.05, 4.69) is 4.98 Å². The van der Waals surface area contributed by atoms with E-state index in [1.165, 1.54) is 0 Å². The molecule has 1 aromatic heterocycles. The molecule has 0 spiro atoms. The maximum absolute atomic E-state index is 12.4. The van der Waals surface area contributed by atoms with E-state index in [0.717, 1.165) is 69.7 Å². The second-order valence-electron chi connectivity index (χ2n) is 9.21. The summed E-state index contributed by atoms with van der Waals surface area (Å²) in [7, 11) is 0. The number of nitrogens with one attached hydrogen (secondary N) is 1. The average molecular weight is 401 g/mol. The molecule has 0 aromatic carbocycles. The van der Waals surface area contributed by atoms with Crippen molar-refractivity contribution in [1.29, 1.82) is 0 Å². The molecule has 1 atom stereocenters. The minimum atomic E-state index is -0.117. The molecule has 3 aliphatic rings. The smallest absolute Gasteiger partial charge is 0.251 e. The van der Waals surface area contributed by atoms with E-state index in [9.17, 15) is 14.4 Å². The zero-order valence-corrected chi connectivity index (χ0v) is 17.5. The second-order valence-corrected chi connectivity index (χ2v) is 9.21. The van der Waals surface area contributed by atoms with E-state index in [4.69, 9.17) is 4.98 Å². The number of rotatable bonds is 4. The highest BCUT2D eigenvalue weighted by atomic mass is 16.2. The molecule has 0 unspecified atom stereocenters. The van der Waals surface area contributed by atoms with Gasteiger partial charge in [0.15, 0.2) is 0 Å². The third kappa shape index (κ3) is 4.54. The molecule has 1 aliphatic carbocycles. The molecule has 29 heavy (non-hydrogen) atoms. The van der Waals surface area contributed by atoms with Crippen LogP contribution in [0.5, 0.6) is 0 Å². The Morgan fingerprint density at radius 1 is 1.03 bits per heavy atom. The molecule has 1 N–H and O–H groups in total. The minimum Gasteiger partial charge on any atom is -0.342 e. The minimum absolute atomic E-state index is 0.0139. The predicted octanol–water partition coefficient (Wildman–Crippen LogP) is 2.25. The van der Waals surface area contributed by atoms with Crippen molar-refractivity contribution in [3.8, 4) is 0 Å². The number of aromatic nitrogens is 2. The summed E-state index contributed by atoms with van der Waals surface area (Å²) in [4.78, 5) is 48.7. The second kappa shape index (κ2) is 8.28. The molecule has 3 fully saturated rings. The molecule has 4 rings (SSSR count). The van der Waals surface area contributed by atoms with Crippen molar-refractivity contribution in [3.63, 3.8) is 0 Å². The van der Waals surface area contributed by atoms with Gasteiger partial charge in [0.1, 0.15) is 5.82 Å². The van der Waals surface area contributed by atoms with Crippen LogP contribution < -0.4 is 5.56 Å². The zero-order valence-electron chi connectivity index (χ0n) is 17.5. The normalized spacial score (nSPS) is 23.5. The van der Waals surface area contributed by atoms with Gasteiger partial charge in [0.05, 0.1) is 5.69 Å². The first-order valence-electron chi connectivity index (χ1n) is 11.1. The first-order valence-corrected chi connectivity index (χ1v) is 11.1. The molecular weight excluding hydrogens is 368 g/mol. The van der Waals surface area contributed by atoms with Gasteiger partial charge in [0.2, 0.25) is 11.8 Å². The van der Waals surface area contributed by atoms with E-state index in [-0.39, 0.29) is 35.1 Å². The topological polar surface area (TPSA) is 86.4 Å². The van der Waals surface area contributed by atoms with Gasteiger partial charge < -0.3 is 14.8 Å². The summed E-state index contributed by atoms with van der Waals surface area (Å²) >= 11 is 0. The predicted molar refractivity (Wildman–Crippen MR) is 110 cm³/mol. The Labute approximate surface area is 171 Å². The lowest BCUT2D eigenvalue weighted by Crippen LogP contribution is -2.41. The number of carbonyl (C=O) groups excluding carboxylic acids is 2. The standard InChI is InChI=1S/C22H32N4O3/c1-14(2)21(28)26-9-3-4-17(13-26)18-12-19(27)24-20(23-18)15-7-10-25(11-8-15)22(29)16-5-6-16/h12,14-17H,3-11,13H2,1-2H3,(H,23,24,27)/t17-/m0/s1. The summed E-state index contributed by atoms with van der Waals surface area (Å²) in [5.41, 5.74) is 0.690. The van der Waals surface area contributed by atoms with Gasteiger partial charge in [-0.3, -0.25) is 14.4 Å².